The Kier molecular flexibility index (Phi) is 4.39. The lowest BCUT2D eigenvalue weighted by Crippen LogP contribution is -2.14. The number of amides is 1. The van der Waals surface area contributed by atoms with Gasteiger partial charge >= 0.3 is 0 Å². The molecule has 1 amide bonds. The van der Waals surface area contributed by atoms with Crippen LogP contribution < -0.4 is 5.32 Å². The number of hydrogen-bond acceptors (Lipinski definition) is 4. The van der Waals surface area contributed by atoms with Crippen molar-refractivity contribution in [2.24, 2.45) is 0 Å². The van der Waals surface area contributed by atoms with E-state index in [9.17, 15) is 9.18 Å². The summed E-state index contributed by atoms with van der Waals surface area (Å²) in [5.41, 5.74) is 3.31. The molecule has 1 N–H and O–H groups in total. The zero-order chi connectivity index (χ0) is 18.1. The van der Waals surface area contributed by atoms with Gasteiger partial charge in [-0.15, -0.1) is 0 Å². The molecular weight excluding hydrogens is 323 g/mol. The summed E-state index contributed by atoms with van der Waals surface area (Å²) in [6.07, 6.45) is 0.575. The van der Waals surface area contributed by atoms with Gasteiger partial charge in [0.1, 0.15) is 17.0 Å². The second-order valence-electron chi connectivity index (χ2n) is 5.87. The Morgan fingerprint density at radius 2 is 2.04 bits per heavy atom. The van der Waals surface area contributed by atoms with Gasteiger partial charge in [0.05, 0.1) is 11.4 Å². The SMILES string of the molecule is CCc1noc(C)c1C(=O)Nc1ccc(-n2nc(C)cc2C)c(F)c1. The lowest BCUT2D eigenvalue weighted by Gasteiger charge is -2.09. The van der Waals surface area contributed by atoms with Crippen LogP contribution >= 0.6 is 0 Å². The predicted octanol–water partition coefficient (Wildman–Crippen LogP) is 3.74. The van der Waals surface area contributed by atoms with Crippen LogP contribution in [0.5, 0.6) is 0 Å². The summed E-state index contributed by atoms with van der Waals surface area (Å²) in [6.45, 7) is 7.27. The Hall–Kier alpha value is -2.96. The maximum Gasteiger partial charge on any atom is 0.261 e. The van der Waals surface area contributed by atoms with E-state index in [1.807, 2.05) is 26.8 Å². The molecule has 0 aliphatic carbocycles. The number of aromatic nitrogens is 3. The van der Waals surface area contributed by atoms with Crippen molar-refractivity contribution in [2.45, 2.75) is 34.1 Å². The quantitative estimate of drug-likeness (QED) is 0.784. The molecule has 3 rings (SSSR count). The molecule has 1 aromatic carbocycles. The maximum absolute atomic E-state index is 14.5. The molecule has 2 aromatic heterocycles. The maximum atomic E-state index is 14.5. The van der Waals surface area contributed by atoms with E-state index in [1.165, 1.54) is 10.7 Å². The van der Waals surface area contributed by atoms with Gasteiger partial charge in [0.25, 0.3) is 5.91 Å². The highest BCUT2D eigenvalue weighted by molar-refractivity contribution is 6.05. The van der Waals surface area contributed by atoms with E-state index in [-0.39, 0.29) is 5.91 Å². The molecule has 0 aliphatic rings. The molecule has 130 valence electrons. The Bertz CT molecular complexity index is 943. The third-order valence-corrected chi connectivity index (χ3v) is 3.94. The van der Waals surface area contributed by atoms with E-state index >= 15 is 0 Å². The second-order valence-corrected chi connectivity index (χ2v) is 5.87. The first-order valence-corrected chi connectivity index (χ1v) is 8.00. The van der Waals surface area contributed by atoms with Crippen molar-refractivity contribution in [3.63, 3.8) is 0 Å². The monoisotopic (exact) mass is 342 g/mol. The van der Waals surface area contributed by atoms with Crippen LogP contribution in [0.2, 0.25) is 0 Å². The molecule has 25 heavy (non-hydrogen) atoms. The number of nitrogens with one attached hydrogen (secondary N) is 1. The molecule has 3 aromatic rings. The number of hydrogen-bond donors (Lipinski definition) is 1. The van der Waals surface area contributed by atoms with Gasteiger partial charge in [-0.05, 0) is 51.5 Å². The van der Waals surface area contributed by atoms with Gasteiger partial charge in [-0.25, -0.2) is 9.07 Å². The minimum absolute atomic E-state index is 0.332. The van der Waals surface area contributed by atoms with Gasteiger partial charge in [0.15, 0.2) is 5.82 Å². The summed E-state index contributed by atoms with van der Waals surface area (Å²) in [7, 11) is 0. The van der Waals surface area contributed by atoms with Crippen molar-refractivity contribution in [3.8, 4) is 5.69 Å². The fourth-order valence-electron chi connectivity index (χ4n) is 2.77. The summed E-state index contributed by atoms with van der Waals surface area (Å²) < 4.78 is 21.1. The Morgan fingerprint density at radius 1 is 1.28 bits per heavy atom. The normalized spacial score (nSPS) is 10.9. The number of halogens is 1. The second kappa shape index (κ2) is 6.51. The molecule has 0 fully saturated rings. The first-order chi connectivity index (χ1) is 11.9. The van der Waals surface area contributed by atoms with Crippen LogP contribution in [0.3, 0.4) is 0 Å². The molecule has 6 nitrogen and oxygen atoms in total. The van der Waals surface area contributed by atoms with Crippen LogP contribution in [0, 0.1) is 26.6 Å². The van der Waals surface area contributed by atoms with E-state index in [4.69, 9.17) is 4.52 Å². The van der Waals surface area contributed by atoms with Crippen molar-refractivity contribution in [1.82, 2.24) is 14.9 Å². The van der Waals surface area contributed by atoms with Crippen LogP contribution in [-0.2, 0) is 6.42 Å². The van der Waals surface area contributed by atoms with Crippen LogP contribution in [-0.4, -0.2) is 20.8 Å². The highest BCUT2D eigenvalue weighted by atomic mass is 19.1. The fraction of sp³-hybridized carbons (Fsp3) is 0.278. The zero-order valence-electron chi connectivity index (χ0n) is 14.6. The molecule has 0 aliphatic heterocycles. The van der Waals surface area contributed by atoms with Gasteiger partial charge in [-0.1, -0.05) is 12.1 Å². The number of carbonyl (C=O) groups excluding carboxylic acids is 1. The van der Waals surface area contributed by atoms with E-state index in [0.29, 0.717) is 34.8 Å². The van der Waals surface area contributed by atoms with E-state index in [2.05, 4.69) is 15.6 Å². The molecule has 0 bridgehead atoms. The fourth-order valence-corrected chi connectivity index (χ4v) is 2.77. The van der Waals surface area contributed by atoms with E-state index in [1.54, 1.807) is 19.1 Å². The molecule has 2 heterocycles. The topological polar surface area (TPSA) is 73.0 Å². The minimum atomic E-state index is -0.471. The van der Waals surface area contributed by atoms with Crippen LogP contribution in [0.1, 0.15) is 40.1 Å². The van der Waals surface area contributed by atoms with Gasteiger partial charge < -0.3 is 9.84 Å². The number of benzene rings is 1. The standard InChI is InChI=1S/C18H19FN4O2/c1-5-15-17(12(4)25-22-15)18(24)20-13-6-7-16(14(19)9-13)23-11(3)8-10(2)21-23/h6-9H,5H2,1-4H3,(H,20,24). The number of rotatable bonds is 4. The van der Waals surface area contributed by atoms with Crippen molar-refractivity contribution in [2.75, 3.05) is 5.32 Å². The average Bonchev–Trinajstić information content (AvgIpc) is 3.09. The smallest absolute Gasteiger partial charge is 0.261 e. The van der Waals surface area contributed by atoms with Crippen molar-refractivity contribution in [3.05, 3.63) is 58.5 Å². The third kappa shape index (κ3) is 3.17. The Morgan fingerprint density at radius 3 is 2.64 bits per heavy atom. The number of nitrogens with zero attached hydrogens (tertiary/aromatic N) is 3. The molecule has 0 spiro atoms. The molecule has 0 unspecified atom stereocenters. The first kappa shape index (κ1) is 16.9. The molecular formula is C18H19FN4O2. The number of anilines is 1. The summed E-state index contributed by atoms with van der Waals surface area (Å²) in [6, 6.07) is 6.38. The van der Waals surface area contributed by atoms with Gasteiger partial charge in [-0.3, -0.25) is 4.79 Å². The third-order valence-electron chi connectivity index (χ3n) is 3.94. The summed E-state index contributed by atoms with van der Waals surface area (Å²) in [5.74, 6) is -0.398. The average molecular weight is 342 g/mol. The molecule has 7 heteroatoms. The van der Waals surface area contributed by atoms with Crippen LogP contribution in [0.15, 0.2) is 28.8 Å². The molecule has 0 saturated heterocycles. The lowest BCUT2D eigenvalue weighted by atomic mass is 10.1. The van der Waals surface area contributed by atoms with Crippen LogP contribution in [0.4, 0.5) is 10.1 Å². The lowest BCUT2D eigenvalue weighted by molar-refractivity contribution is 0.102. The summed E-state index contributed by atoms with van der Waals surface area (Å²) >= 11 is 0. The van der Waals surface area contributed by atoms with Crippen LogP contribution in [0.25, 0.3) is 5.69 Å². The Labute approximate surface area is 144 Å². The summed E-state index contributed by atoms with van der Waals surface area (Å²) in [5, 5.41) is 10.8. The van der Waals surface area contributed by atoms with Crippen molar-refractivity contribution < 1.29 is 13.7 Å². The van der Waals surface area contributed by atoms with E-state index < -0.39 is 5.82 Å². The highest BCUT2D eigenvalue weighted by Gasteiger charge is 2.20. The van der Waals surface area contributed by atoms with Crippen molar-refractivity contribution in [1.29, 1.82) is 0 Å². The van der Waals surface area contributed by atoms with Gasteiger partial charge in [0.2, 0.25) is 0 Å². The zero-order valence-corrected chi connectivity index (χ0v) is 14.6. The number of carbonyl (C=O) groups is 1. The van der Waals surface area contributed by atoms with E-state index in [0.717, 1.165) is 11.4 Å². The van der Waals surface area contributed by atoms with Crippen molar-refractivity contribution >= 4 is 11.6 Å². The predicted molar refractivity (Wildman–Crippen MR) is 91.6 cm³/mol. The summed E-state index contributed by atoms with van der Waals surface area (Å²) in [4.78, 5) is 12.4. The Balaban J connectivity index is 1.87. The molecule has 0 radical (unpaired) electrons. The largest absolute Gasteiger partial charge is 0.361 e. The first-order valence-electron chi connectivity index (χ1n) is 8.00. The number of aryl methyl sites for hydroxylation is 4. The van der Waals surface area contributed by atoms with Gasteiger partial charge in [0, 0.05) is 11.4 Å². The highest BCUT2D eigenvalue weighted by Crippen LogP contribution is 2.21. The minimum Gasteiger partial charge on any atom is -0.361 e. The molecule has 0 saturated carbocycles. The van der Waals surface area contributed by atoms with Gasteiger partial charge in [-0.2, -0.15) is 5.10 Å². The molecule has 0 atom stereocenters.